The van der Waals surface area contributed by atoms with Crippen molar-refractivity contribution in [2.45, 2.75) is 71.3 Å². The molecule has 0 saturated heterocycles. The van der Waals surface area contributed by atoms with Gasteiger partial charge in [0.15, 0.2) is 4.77 Å². The molecular formula is C15H24N2OS. The molecule has 0 unspecified atom stereocenters. The van der Waals surface area contributed by atoms with E-state index >= 15 is 0 Å². The Morgan fingerprint density at radius 1 is 1.16 bits per heavy atom. The van der Waals surface area contributed by atoms with E-state index in [1.54, 1.807) is 0 Å². The van der Waals surface area contributed by atoms with Gasteiger partial charge < -0.3 is 4.57 Å². The van der Waals surface area contributed by atoms with Crippen molar-refractivity contribution >= 4 is 12.2 Å². The molecule has 19 heavy (non-hydrogen) atoms. The first-order valence-corrected chi connectivity index (χ1v) is 7.99. The van der Waals surface area contributed by atoms with Gasteiger partial charge in [-0.1, -0.05) is 32.6 Å². The van der Waals surface area contributed by atoms with Gasteiger partial charge in [-0.25, -0.2) is 0 Å². The van der Waals surface area contributed by atoms with Crippen LogP contribution in [0.3, 0.4) is 0 Å². The van der Waals surface area contributed by atoms with Crippen molar-refractivity contribution in [3.05, 3.63) is 26.4 Å². The van der Waals surface area contributed by atoms with Gasteiger partial charge in [0.2, 0.25) is 0 Å². The van der Waals surface area contributed by atoms with E-state index in [2.05, 4.69) is 16.5 Å². The molecule has 4 heteroatoms. The summed E-state index contributed by atoms with van der Waals surface area (Å²) in [6.45, 7) is 3.18. The molecule has 1 aromatic rings. The summed E-state index contributed by atoms with van der Waals surface area (Å²) in [6.07, 6.45) is 10.4. The standard InChI is InChI=1S/C15H24N2OS/c1-2-3-4-8-11-17-13-10-7-5-6-9-12(13)14(18)16-15(17)19/h2-11H2,1H3,(H,16,18,19). The molecule has 0 amide bonds. The van der Waals surface area contributed by atoms with E-state index < -0.39 is 0 Å². The predicted octanol–water partition coefficient (Wildman–Crippen LogP) is 3.76. The number of hydrogen-bond donors (Lipinski definition) is 1. The lowest BCUT2D eigenvalue weighted by Gasteiger charge is -2.15. The zero-order valence-electron chi connectivity index (χ0n) is 11.8. The first kappa shape index (κ1) is 14.5. The number of nitrogens with one attached hydrogen (secondary N) is 1. The van der Waals surface area contributed by atoms with Crippen LogP contribution in [-0.2, 0) is 19.4 Å². The third-order valence-electron chi connectivity index (χ3n) is 3.99. The molecular weight excluding hydrogens is 256 g/mol. The Balaban J connectivity index is 2.26. The topological polar surface area (TPSA) is 37.8 Å². The van der Waals surface area contributed by atoms with E-state index in [9.17, 15) is 4.79 Å². The van der Waals surface area contributed by atoms with Crippen LogP contribution < -0.4 is 5.56 Å². The van der Waals surface area contributed by atoms with E-state index in [0.29, 0.717) is 4.77 Å². The third-order valence-corrected chi connectivity index (χ3v) is 4.31. The normalized spacial score (nSPS) is 15.0. The number of H-pyrrole nitrogens is 1. The van der Waals surface area contributed by atoms with Crippen LogP contribution in [0.15, 0.2) is 4.79 Å². The maximum absolute atomic E-state index is 12.0. The van der Waals surface area contributed by atoms with Gasteiger partial charge in [0.1, 0.15) is 0 Å². The number of aromatic nitrogens is 2. The maximum Gasteiger partial charge on any atom is 0.255 e. The molecule has 1 N–H and O–H groups in total. The van der Waals surface area contributed by atoms with Crippen LogP contribution in [0.4, 0.5) is 0 Å². The fourth-order valence-electron chi connectivity index (χ4n) is 2.90. The number of fused-ring (bicyclic) bond motifs is 1. The fourth-order valence-corrected chi connectivity index (χ4v) is 3.20. The highest BCUT2D eigenvalue weighted by molar-refractivity contribution is 7.71. The molecule has 1 aliphatic rings. The van der Waals surface area contributed by atoms with Crippen LogP contribution in [-0.4, -0.2) is 9.55 Å². The summed E-state index contributed by atoms with van der Waals surface area (Å²) < 4.78 is 2.80. The Morgan fingerprint density at radius 3 is 2.74 bits per heavy atom. The first-order valence-electron chi connectivity index (χ1n) is 7.59. The summed E-state index contributed by atoms with van der Waals surface area (Å²) >= 11 is 5.35. The highest BCUT2D eigenvalue weighted by atomic mass is 32.1. The zero-order chi connectivity index (χ0) is 13.7. The van der Waals surface area contributed by atoms with Crippen LogP contribution in [0.2, 0.25) is 0 Å². The first-order chi connectivity index (χ1) is 9.24. The Morgan fingerprint density at radius 2 is 1.95 bits per heavy atom. The van der Waals surface area contributed by atoms with Gasteiger partial charge in [-0.05, 0) is 44.3 Å². The molecule has 0 fully saturated rings. The average Bonchev–Trinajstić information content (AvgIpc) is 2.63. The summed E-state index contributed by atoms with van der Waals surface area (Å²) in [5.74, 6) is 0. The molecule has 2 rings (SSSR count). The van der Waals surface area contributed by atoms with Gasteiger partial charge in [0.25, 0.3) is 5.56 Å². The van der Waals surface area contributed by atoms with E-state index in [0.717, 1.165) is 37.8 Å². The number of hydrogen-bond acceptors (Lipinski definition) is 2. The molecule has 0 saturated carbocycles. The van der Waals surface area contributed by atoms with Gasteiger partial charge >= 0.3 is 0 Å². The lowest BCUT2D eigenvalue weighted by atomic mass is 10.1. The fraction of sp³-hybridized carbons (Fsp3) is 0.733. The summed E-state index contributed by atoms with van der Waals surface area (Å²) in [6, 6.07) is 0. The van der Waals surface area contributed by atoms with Crippen molar-refractivity contribution in [2.75, 3.05) is 0 Å². The molecule has 0 spiro atoms. The van der Waals surface area contributed by atoms with Crippen LogP contribution in [0.5, 0.6) is 0 Å². The van der Waals surface area contributed by atoms with Crippen LogP contribution in [0.25, 0.3) is 0 Å². The lowest BCUT2D eigenvalue weighted by molar-refractivity contribution is 0.545. The number of aromatic amines is 1. The largest absolute Gasteiger partial charge is 0.322 e. The van der Waals surface area contributed by atoms with Crippen molar-refractivity contribution in [3.63, 3.8) is 0 Å². The van der Waals surface area contributed by atoms with Crippen molar-refractivity contribution in [1.82, 2.24) is 9.55 Å². The van der Waals surface area contributed by atoms with Crippen molar-refractivity contribution < 1.29 is 0 Å². The SMILES string of the molecule is CCCCCCn1c2c(c(=O)[nH]c1=S)CCCCC2. The summed E-state index contributed by atoms with van der Waals surface area (Å²) in [5.41, 5.74) is 2.25. The Labute approximate surface area is 120 Å². The quantitative estimate of drug-likeness (QED) is 0.506. The summed E-state index contributed by atoms with van der Waals surface area (Å²) in [7, 11) is 0. The molecule has 0 atom stereocenters. The van der Waals surface area contributed by atoms with E-state index in [-0.39, 0.29) is 5.56 Å². The van der Waals surface area contributed by atoms with Crippen molar-refractivity contribution in [1.29, 1.82) is 0 Å². The molecule has 0 radical (unpaired) electrons. The van der Waals surface area contributed by atoms with Crippen molar-refractivity contribution in [2.24, 2.45) is 0 Å². The van der Waals surface area contributed by atoms with Crippen LogP contribution >= 0.6 is 12.2 Å². The molecule has 0 bridgehead atoms. The summed E-state index contributed by atoms with van der Waals surface area (Å²) in [5, 5.41) is 0. The van der Waals surface area contributed by atoms with Gasteiger partial charge in [0, 0.05) is 17.8 Å². The molecule has 3 nitrogen and oxygen atoms in total. The van der Waals surface area contributed by atoms with E-state index in [1.807, 2.05) is 0 Å². The van der Waals surface area contributed by atoms with Gasteiger partial charge in [-0.3, -0.25) is 9.78 Å². The zero-order valence-corrected chi connectivity index (χ0v) is 12.7. The third kappa shape index (κ3) is 3.56. The molecule has 0 aliphatic heterocycles. The van der Waals surface area contributed by atoms with E-state index in [4.69, 9.17) is 12.2 Å². The minimum Gasteiger partial charge on any atom is -0.322 e. The van der Waals surface area contributed by atoms with Crippen LogP contribution in [0, 0.1) is 4.77 Å². The Hall–Kier alpha value is -0.900. The van der Waals surface area contributed by atoms with Crippen LogP contribution in [0.1, 0.15) is 63.1 Å². The molecule has 1 aliphatic carbocycles. The van der Waals surface area contributed by atoms with Crippen molar-refractivity contribution in [3.8, 4) is 0 Å². The Bertz CT molecular complexity index is 530. The maximum atomic E-state index is 12.0. The second kappa shape index (κ2) is 7.04. The number of nitrogens with zero attached hydrogens (tertiary/aromatic N) is 1. The molecule has 1 heterocycles. The predicted molar refractivity (Wildman–Crippen MR) is 81.3 cm³/mol. The van der Waals surface area contributed by atoms with Gasteiger partial charge in [-0.2, -0.15) is 0 Å². The monoisotopic (exact) mass is 280 g/mol. The minimum absolute atomic E-state index is 0.0479. The highest BCUT2D eigenvalue weighted by Crippen LogP contribution is 2.18. The number of rotatable bonds is 5. The smallest absolute Gasteiger partial charge is 0.255 e. The molecule has 0 aromatic carbocycles. The highest BCUT2D eigenvalue weighted by Gasteiger charge is 2.15. The minimum atomic E-state index is 0.0479. The second-order valence-electron chi connectivity index (χ2n) is 5.46. The average molecular weight is 280 g/mol. The number of unbranched alkanes of at least 4 members (excludes halogenated alkanes) is 3. The molecule has 1 aromatic heterocycles. The van der Waals surface area contributed by atoms with Gasteiger partial charge in [0.05, 0.1) is 0 Å². The Kier molecular flexibility index (Phi) is 5.37. The summed E-state index contributed by atoms with van der Waals surface area (Å²) in [4.78, 5) is 14.9. The molecule has 106 valence electrons. The second-order valence-corrected chi connectivity index (χ2v) is 5.84. The lowest BCUT2D eigenvalue weighted by Crippen LogP contribution is -2.23. The van der Waals surface area contributed by atoms with E-state index in [1.165, 1.54) is 37.8 Å². The van der Waals surface area contributed by atoms with Gasteiger partial charge in [-0.15, -0.1) is 0 Å².